The summed E-state index contributed by atoms with van der Waals surface area (Å²) >= 11 is 0. The number of nitrogens with zero attached hydrogens (tertiary/aromatic N) is 2. The van der Waals surface area contributed by atoms with Gasteiger partial charge in [0.1, 0.15) is 5.60 Å². The van der Waals surface area contributed by atoms with Crippen LogP contribution in [-0.2, 0) is 14.2 Å². The predicted octanol–water partition coefficient (Wildman–Crippen LogP) is 3.27. The standard InChI is InChI=1S/C19H34N2O5/c1-14-12-21(13-15(2)25-14)17(22)24-11-8-16-6-9-20(10-7-16)18(23)26-19(3,4)5/h14-16H,6-13H2,1-5H3/t14-,15+. The van der Waals surface area contributed by atoms with E-state index in [1.54, 1.807) is 9.80 Å². The van der Waals surface area contributed by atoms with E-state index in [2.05, 4.69) is 0 Å². The van der Waals surface area contributed by atoms with E-state index in [9.17, 15) is 9.59 Å². The number of morpholine rings is 1. The highest BCUT2D eigenvalue weighted by Crippen LogP contribution is 2.22. The lowest BCUT2D eigenvalue weighted by Crippen LogP contribution is -2.48. The van der Waals surface area contributed by atoms with Crippen molar-refractivity contribution in [3.63, 3.8) is 0 Å². The third-order valence-corrected chi connectivity index (χ3v) is 4.70. The highest BCUT2D eigenvalue weighted by Gasteiger charge is 2.28. The minimum absolute atomic E-state index is 0.0449. The molecular formula is C19H34N2O5. The first kappa shape index (κ1) is 20.8. The molecule has 2 fully saturated rings. The van der Waals surface area contributed by atoms with Gasteiger partial charge in [-0.3, -0.25) is 0 Å². The number of hydrogen-bond acceptors (Lipinski definition) is 5. The molecule has 0 aromatic carbocycles. The van der Waals surface area contributed by atoms with Crippen LogP contribution in [0.5, 0.6) is 0 Å². The van der Waals surface area contributed by atoms with Crippen molar-refractivity contribution in [2.75, 3.05) is 32.8 Å². The number of ether oxygens (including phenoxy) is 3. The first-order valence-corrected chi connectivity index (χ1v) is 9.69. The van der Waals surface area contributed by atoms with Crippen LogP contribution in [0.4, 0.5) is 9.59 Å². The van der Waals surface area contributed by atoms with Gasteiger partial charge in [-0.05, 0) is 59.8 Å². The molecule has 2 heterocycles. The summed E-state index contributed by atoms with van der Waals surface area (Å²) in [5.74, 6) is 0.476. The molecule has 2 aliphatic rings. The molecule has 0 unspecified atom stereocenters. The molecule has 150 valence electrons. The molecule has 0 saturated carbocycles. The van der Waals surface area contributed by atoms with Gasteiger partial charge in [0, 0.05) is 13.1 Å². The second-order valence-electron chi connectivity index (χ2n) is 8.48. The normalized spacial score (nSPS) is 25.1. The Morgan fingerprint density at radius 3 is 2.12 bits per heavy atom. The third-order valence-electron chi connectivity index (χ3n) is 4.70. The van der Waals surface area contributed by atoms with Gasteiger partial charge in [-0.2, -0.15) is 0 Å². The summed E-state index contributed by atoms with van der Waals surface area (Å²) < 4.78 is 16.5. The predicted molar refractivity (Wildman–Crippen MR) is 98.1 cm³/mol. The molecule has 2 aliphatic heterocycles. The lowest BCUT2D eigenvalue weighted by Gasteiger charge is -2.35. The van der Waals surface area contributed by atoms with E-state index in [-0.39, 0.29) is 24.4 Å². The molecule has 0 radical (unpaired) electrons. The Bertz CT molecular complexity index is 473. The van der Waals surface area contributed by atoms with Crippen molar-refractivity contribution >= 4 is 12.2 Å². The molecular weight excluding hydrogens is 336 g/mol. The number of carbonyl (C=O) groups is 2. The van der Waals surface area contributed by atoms with Crippen LogP contribution in [0.2, 0.25) is 0 Å². The summed E-state index contributed by atoms with van der Waals surface area (Å²) in [6, 6.07) is 0. The Kier molecular flexibility index (Phi) is 7.15. The number of hydrogen-bond donors (Lipinski definition) is 0. The maximum absolute atomic E-state index is 12.2. The average Bonchev–Trinajstić information content (AvgIpc) is 2.52. The lowest BCUT2D eigenvalue weighted by atomic mass is 9.94. The van der Waals surface area contributed by atoms with E-state index in [0.29, 0.717) is 38.7 Å². The van der Waals surface area contributed by atoms with Crippen LogP contribution >= 0.6 is 0 Å². The van der Waals surface area contributed by atoms with Crippen LogP contribution < -0.4 is 0 Å². The van der Waals surface area contributed by atoms with Crippen molar-refractivity contribution in [3.8, 4) is 0 Å². The van der Waals surface area contributed by atoms with Gasteiger partial charge in [0.25, 0.3) is 0 Å². The molecule has 7 heteroatoms. The van der Waals surface area contributed by atoms with Gasteiger partial charge in [-0.25, -0.2) is 9.59 Å². The number of likely N-dealkylation sites (tertiary alicyclic amines) is 1. The fourth-order valence-corrected chi connectivity index (χ4v) is 3.46. The Hall–Kier alpha value is -1.50. The molecule has 0 bridgehead atoms. The summed E-state index contributed by atoms with van der Waals surface area (Å²) in [4.78, 5) is 27.7. The molecule has 0 aromatic rings. The van der Waals surface area contributed by atoms with Crippen molar-refractivity contribution in [1.29, 1.82) is 0 Å². The van der Waals surface area contributed by atoms with Crippen molar-refractivity contribution in [3.05, 3.63) is 0 Å². The van der Waals surface area contributed by atoms with Gasteiger partial charge < -0.3 is 24.0 Å². The highest BCUT2D eigenvalue weighted by molar-refractivity contribution is 5.68. The van der Waals surface area contributed by atoms with Crippen LogP contribution in [0.15, 0.2) is 0 Å². The third kappa shape index (κ3) is 6.67. The SMILES string of the molecule is C[C@@H]1CN(C(=O)OCCC2CCN(C(=O)OC(C)(C)C)CC2)C[C@H](C)O1. The van der Waals surface area contributed by atoms with Gasteiger partial charge >= 0.3 is 12.2 Å². The summed E-state index contributed by atoms with van der Waals surface area (Å²) in [7, 11) is 0. The summed E-state index contributed by atoms with van der Waals surface area (Å²) in [6.07, 6.45) is 2.27. The quantitative estimate of drug-likeness (QED) is 0.763. The van der Waals surface area contributed by atoms with Crippen LogP contribution in [0.3, 0.4) is 0 Å². The number of piperidine rings is 1. The first-order chi connectivity index (χ1) is 12.1. The molecule has 0 spiro atoms. The smallest absolute Gasteiger partial charge is 0.410 e. The van der Waals surface area contributed by atoms with E-state index in [1.165, 1.54) is 0 Å². The molecule has 26 heavy (non-hydrogen) atoms. The number of rotatable bonds is 3. The fraction of sp³-hybridized carbons (Fsp3) is 0.895. The topological polar surface area (TPSA) is 68.3 Å². The van der Waals surface area contributed by atoms with E-state index in [0.717, 1.165) is 19.3 Å². The fourth-order valence-electron chi connectivity index (χ4n) is 3.46. The van der Waals surface area contributed by atoms with E-state index in [1.807, 2.05) is 34.6 Å². The van der Waals surface area contributed by atoms with Gasteiger partial charge in [-0.1, -0.05) is 0 Å². The van der Waals surface area contributed by atoms with E-state index < -0.39 is 5.60 Å². The Morgan fingerprint density at radius 2 is 1.58 bits per heavy atom. The number of amides is 2. The average molecular weight is 370 g/mol. The maximum atomic E-state index is 12.2. The lowest BCUT2D eigenvalue weighted by molar-refractivity contribution is -0.0641. The molecule has 0 aliphatic carbocycles. The molecule has 0 aromatic heterocycles. The van der Waals surface area contributed by atoms with E-state index >= 15 is 0 Å². The van der Waals surface area contributed by atoms with Crippen molar-refractivity contribution < 1.29 is 23.8 Å². The minimum Gasteiger partial charge on any atom is -0.449 e. The number of carbonyl (C=O) groups excluding carboxylic acids is 2. The summed E-state index contributed by atoms with van der Waals surface area (Å²) in [6.45, 7) is 12.6. The Labute approximate surface area is 156 Å². The van der Waals surface area contributed by atoms with Gasteiger partial charge in [0.05, 0.1) is 31.9 Å². The molecule has 2 saturated heterocycles. The molecule has 2 amide bonds. The van der Waals surface area contributed by atoms with Crippen LogP contribution in [0.25, 0.3) is 0 Å². The first-order valence-electron chi connectivity index (χ1n) is 9.69. The molecule has 0 N–H and O–H groups in total. The minimum atomic E-state index is -0.462. The van der Waals surface area contributed by atoms with Crippen LogP contribution in [-0.4, -0.2) is 72.6 Å². The Balaban J connectivity index is 1.64. The van der Waals surface area contributed by atoms with E-state index in [4.69, 9.17) is 14.2 Å². The second kappa shape index (κ2) is 8.93. The zero-order valence-electron chi connectivity index (χ0n) is 16.8. The van der Waals surface area contributed by atoms with Crippen molar-refractivity contribution in [2.45, 2.75) is 71.7 Å². The monoisotopic (exact) mass is 370 g/mol. The van der Waals surface area contributed by atoms with Gasteiger partial charge in [0.15, 0.2) is 0 Å². The maximum Gasteiger partial charge on any atom is 0.410 e. The zero-order valence-corrected chi connectivity index (χ0v) is 16.8. The Morgan fingerprint density at radius 1 is 1.00 bits per heavy atom. The molecule has 7 nitrogen and oxygen atoms in total. The van der Waals surface area contributed by atoms with Crippen molar-refractivity contribution in [2.24, 2.45) is 5.92 Å². The summed E-state index contributed by atoms with van der Waals surface area (Å²) in [5, 5.41) is 0. The van der Waals surface area contributed by atoms with Crippen LogP contribution in [0, 0.1) is 5.92 Å². The molecule has 2 rings (SSSR count). The van der Waals surface area contributed by atoms with Crippen molar-refractivity contribution in [1.82, 2.24) is 9.80 Å². The highest BCUT2D eigenvalue weighted by atomic mass is 16.6. The van der Waals surface area contributed by atoms with Crippen LogP contribution in [0.1, 0.15) is 53.9 Å². The second-order valence-corrected chi connectivity index (χ2v) is 8.48. The van der Waals surface area contributed by atoms with Gasteiger partial charge in [0.2, 0.25) is 0 Å². The van der Waals surface area contributed by atoms with Gasteiger partial charge in [-0.15, -0.1) is 0 Å². The zero-order chi connectivity index (χ0) is 19.3. The molecule has 2 atom stereocenters. The largest absolute Gasteiger partial charge is 0.449 e. The summed E-state index contributed by atoms with van der Waals surface area (Å²) in [5.41, 5.74) is -0.462.